The van der Waals surface area contributed by atoms with E-state index in [4.69, 9.17) is 5.21 Å². The van der Waals surface area contributed by atoms with Gasteiger partial charge >= 0.3 is 0 Å². The monoisotopic (exact) mass is 185 g/mol. The molecule has 0 atom stereocenters. The molecule has 0 saturated heterocycles. The fourth-order valence-corrected chi connectivity index (χ4v) is 0.579. The Morgan fingerprint density at radius 3 is 1.92 bits per heavy atom. The molecule has 3 nitrogen and oxygen atoms in total. The third kappa shape index (κ3) is 5.96. The van der Waals surface area contributed by atoms with Crippen molar-refractivity contribution in [1.29, 1.82) is 0 Å². The fraction of sp³-hybridized carbons (Fsp3) is 0.500. The third-order valence-electron chi connectivity index (χ3n) is 1.04. The third-order valence-corrected chi connectivity index (χ3v) is 1.04. The maximum absolute atomic E-state index is 10.5. The van der Waals surface area contributed by atoms with Crippen LogP contribution in [-0.2, 0) is 0 Å². The van der Waals surface area contributed by atoms with Gasteiger partial charge in [0.2, 0.25) is 0 Å². The van der Waals surface area contributed by atoms with E-state index >= 15 is 0 Å². The van der Waals surface area contributed by atoms with Gasteiger partial charge in [0.05, 0.1) is 6.20 Å². The quantitative estimate of drug-likeness (QED) is 0.631. The van der Waals surface area contributed by atoms with Gasteiger partial charge in [-0.15, -0.1) is 0 Å². The van der Waals surface area contributed by atoms with Crippen LogP contribution in [-0.4, -0.2) is 9.94 Å². The summed E-state index contributed by atoms with van der Waals surface area (Å²) in [6, 6.07) is 2.96. The molecule has 1 aromatic rings. The van der Waals surface area contributed by atoms with Gasteiger partial charge in [0.15, 0.2) is 0 Å². The molecule has 0 amide bonds. The second-order valence-corrected chi connectivity index (χ2v) is 1.89. The molecule has 1 heterocycles. The second-order valence-electron chi connectivity index (χ2n) is 1.89. The van der Waals surface area contributed by atoms with E-state index in [-0.39, 0.29) is 0 Å². The smallest absolute Gasteiger partial charge is 0.282 e. The van der Waals surface area contributed by atoms with Crippen LogP contribution in [0.25, 0.3) is 0 Å². The average Bonchev–Trinajstić information content (AvgIpc) is 2.18. The molecule has 0 spiro atoms. The van der Waals surface area contributed by atoms with Gasteiger partial charge in [-0.05, 0) is 12.5 Å². The van der Waals surface area contributed by atoms with Crippen LogP contribution in [0.15, 0.2) is 23.1 Å². The lowest BCUT2D eigenvalue weighted by Crippen LogP contribution is -2.15. The van der Waals surface area contributed by atoms with Crippen LogP contribution in [0.1, 0.15) is 33.3 Å². The van der Waals surface area contributed by atoms with Crippen molar-refractivity contribution < 1.29 is 5.21 Å². The summed E-state index contributed by atoms with van der Waals surface area (Å²) in [6.45, 7) is 9.80. The Bertz CT molecular complexity index is 266. The summed E-state index contributed by atoms with van der Waals surface area (Å²) < 4.78 is 0.565. The Morgan fingerprint density at radius 2 is 1.62 bits per heavy atom. The van der Waals surface area contributed by atoms with E-state index in [2.05, 4.69) is 0 Å². The molecule has 1 N–H and O–H groups in total. The van der Waals surface area contributed by atoms with Crippen LogP contribution in [0.4, 0.5) is 0 Å². The first kappa shape index (κ1) is 14.3. The van der Waals surface area contributed by atoms with Crippen LogP contribution in [0.3, 0.4) is 0 Å². The molecule has 0 saturated carbocycles. The maximum atomic E-state index is 10.5. The SMILES string of the molecule is CC.CC.Cc1ccc(=O)n(O)c1. The molecular formula is C10H19NO2. The maximum Gasteiger partial charge on any atom is 0.282 e. The summed E-state index contributed by atoms with van der Waals surface area (Å²) in [7, 11) is 0. The zero-order valence-corrected chi connectivity index (χ0v) is 9.03. The van der Waals surface area contributed by atoms with Crippen molar-refractivity contribution in [1.82, 2.24) is 4.73 Å². The van der Waals surface area contributed by atoms with Gasteiger partial charge in [0.1, 0.15) is 0 Å². The molecule has 0 aromatic carbocycles. The Morgan fingerprint density at radius 1 is 1.15 bits per heavy atom. The topological polar surface area (TPSA) is 42.2 Å². The summed E-state index contributed by atoms with van der Waals surface area (Å²) in [5.74, 6) is 0. The highest BCUT2D eigenvalue weighted by molar-refractivity contribution is 5.05. The fourth-order valence-electron chi connectivity index (χ4n) is 0.579. The van der Waals surface area contributed by atoms with Gasteiger partial charge in [-0.2, -0.15) is 4.73 Å². The minimum absolute atomic E-state index is 0.402. The van der Waals surface area contributed by atoms with E-state index in [1.807, 2.05) is 27.7 Å². The van der Waals surface area contributed by atoms with E-state index in [0.29, 0.717) is 4.73 Å². The molecular weight excluding hydrogens is 166 g/mol. The van der Waals surface area contributed by atoms with Crippen LogP contribution < -0.4 is 5.56 Å². The summed E-state index contributed by atoms with van der Waals surface area (Å²) in [6.07, 6.45) is 1.36. The Kier molecular flexibility index (Phi) is 9.72. The van der Waals surface area contributed by atoms with E-state index in [1.54, 1.807) is 13.0 Å². The van der Waals surface area contributed by atoms with Crippen molar-refractivity contribution in [2.24, 2.45) is 0 Å². The summed E-state index contributed by atoms with van der Waals surface area (Å²) in [5.41, 5.74) is 0.456. The Hall–Kier alpha value is -1.25. The molecule has 0 aliphatic heterocycles. The molecule has 0 bridgehead atoms. The van der Waals surface area contributed by atoms with Gasteiger partial charge < -0.3 is 5.21 Å². The molecule has 13 heavy (non-hydrogen) atoms. The lowest BCUT2D eigenvalue weighted by atomic mass is 10.3. The highest BCUT2D eigenvalue weighted by Crippen LogP contribution is 1.87. The first-order valence-electron chi connectivity index (χ1n) is 4.59. The standard InChI is InChI=1S/C6H7NO2.2C2H6/c1-5-2-3-6(8)7(9)4-5;2*1-2/h2-4,9H,1H3;2*1-2H3. The number of aromatic nitrogens is 1. The van der Waals surface area contributed by atoms with Crippen molar-refractivity contribution in [3.05, 3.63) is 34.2 Å². The zero-order valence-electron chi connectivity index (χ0n) is 9.03. The van der Waals surface area contributed by atoms with Gasteiger partial charge in [0, 0.05) is 6.07 Å². The molecule has 0 aliphatic carbocycles. The second kappa shape index (κ2) is 8.84. The van der Waals surface area contributed by atoms with Crippen LogP contribution in [0, 0.1) is 6.92 Å². The highest BCUT2D eigenvalue weighted by Gasteiger charge is 1.88. The number of hydrogen-bond donors (Lipinski definition) is 1. The first-order valence-corrected chi connectivity index (χ1v) is 4.59. The molecule has 0 aliphatic rings. The van der Waals surface area contributed by atoms with Crippen LogP contribution in [0.2, 0.25) is 0 Å². The Balaban J connectivity index is 0. The molecule has 1 rings (SSSR count). The van der Waals surface area contributed by atoms with Crippen LogP contribution >= 0.6 is 0 Å². The number of hydrogen-bond acceptors (Lipinski definition) is 2. The normalized spacial score (nSPS) is 7.46. The number of aryl methyl sites for hydroxylation is 1. The van der Waals surface area contributed by atoms with Gasteiger partial charge in [-0.1, -0.05) is 33.8 Å². The molecule has 1 aromatic heterocycles. The van der Waals surface area contributed by atoms with Gasteiger partial charge in [0.25, 0.3) is 5.56 Å². The number of nitrogens with zero attached hydrogens (tertiary/aromatic N) is 1. The lowest BCUT2D eigenvalue weighted by molar-refractivity contribution is 0.174. The van der Waals surface area contributed by atoms with Crippen LogP contribution in [0.5, 0.6) is 0 Å². The van der Waals surface area contributed by atoms with E-state index < -0.39 is 5.56 Å². The van der Waals surface area contributed by atoms with Gasteiger partial charge in [-0.25, -0.2) is 0 Å². The molecule has 0 unspecified atom stereocenters. The molecule has 76 valence electrons. The first-order chi connectivity index (χ1) is 6.20. The molecule has 0 fully saturated rings. The predicted octanol–water partition coefficient (Wildman–Crippen LogP) is 2.45. The van der Waals surface area contributed by atoms with Crippen molar-refractivity contribution in [2.75, 3.05) is 0 Å². The van der Waals surface area contributed by atoms with Crippen molar-refractivity contribution in [3.8, 4) is 0 Å². The van der Waals surface area contributed by atoms with Gasteiger partial charge in [-0.3, -0.25) is 4.79 Å². The van der Waals surface area contributed by atoms with Crippen molar-refractivity contribution >= 4 is 0 Å². The molecule has 0 radical (unpaired) electrons. The molecule has 3 heteroatoms. The zero-order chi connectivity index (χ0) is 10.9. The number of rotatable bonds is 0. The van der Waals surface area contributed by atoms with Crippen molar-refractivity contribution in [2.45, 2.75) is 34.6 Å². The minimum atomic E-state index is -0.402. The summed E-state index contributed by atoms with van der Waals surface area (Å²) in [4.78, 5) is 10.5. The average molecular weight is 185 g/mol. The van der Waals surface area contributed by atoms with E-state index in [1.165, 1.54) is 12.3 Å². The Labute approximate surface area is 79.6 Å². The predicted molar refractivity (Wildman–Crippen MR) is 55.3 cm³/mol. The highest BCUT2D eigenvalue weighted by atomic mass is 16.5. The van der Waals surface area contributed by atoms with E-state index in [9.17, 15) is 4.79 Å². The summed E-state index contributed by atoms with van der Waals surface area (Å²) in [5, 5.41) is 8.70. The largest absolute Gasteiger partial charge is 0.425 e. The minimum Gasteiger partial charge on any atom is -0.425 e. The number of pyridine rings is 1. The van der Waals surface area contributed by atoms with Crippen molar-refractivity contribution in [3.63, 3.8) is 0 Å². The summed E-state index contributed by atoms with van der Waals surface area (Å²) >= 11 is 0. The van der Waals surface area contributed by atoms with E-state index in [0.717, 1.165) is 5.56 Å². The lowest BCUT2D eigenvalue weighted by Gasteiger charge is -1.93.